The molecule has 0 saturated heterocycles. The van der Waals surface area contributed by atoms with Crippen LogP contribution < -0.4 is 5.32 Å². The van der Waals surface area contributed by atoms with Crippen molar-refractivity contribution in [1.82, 2.24) is 20.3 Å². The molecule has 1 heterocycles. The molecule has 0 radical (unpaired) electrons. The van der Waals surface area contributed by atoms with Gasteiger partial charge >= 0.3 is 5.97 Å². The Labute approximate surface area is 141 Å². The average molecular weight is 330 g/mol. The number of rotatable bonds is 4. The highest BCUT2D eigenvalue weighted by atomic mass is 16.5. The minimum atomic E-state index is -0.919. The van der Waals surface area contributed by atoms with E-state index in [9.17, 15) is 9.59 Å². The van der Waals surface area contributed by atoms with E-state index in [1.54, 1.807) is 6.92 Å². The zero-order valence-corrected chi connectivity index (χ0v) is 14.5. The van der Waals surface area contributed by atoms with Crippen molar-refractivity contribution in [2.24, 2.45) is 0 Å². The molecule has 1 aromatic heterocycles. The van der Waals surface area contributed by atoms with E-state index >= 15 is 0 Å². The summed E-state index contributed by atoms with van der Waals surface area (Å²) in [4.78, 5) is 25.6. The molecule has 0 spiro atoms. The van der Waals surface area contributed by atoms with E-state index in [-0.39, 0.29) is 11.6 Å². The lowest BCUT2D eigenvalue weighted by Crippen LogP contribution is -2.46. The van der Waals surface area contributed by atoms with Gasteiger partial charge in [0.05, 0.1) is 11.4 Å². The number of carbonyl (C=O) groups excluding carboxylic acids is 2. The molecule has 0 aliphatic heterocycles. The Morgan fingerprint density at radius 1 is 1.17 bits per heavy atom. The van der Waals surface area contributed by atoms with Crippen LogP contribution in [0, 0.1) is 6.92 Å². The van der Waals surface area contributed by atoms with Gasteiger partial charge in [-0.15, -0.1) is 5.10 Å². The van der Waals surface area contributed by atoms with Gasteiger partial charge in [0.15, 0.2) is 11.8 Å². The number of hydrogen-bond acceptors (Lipinski definition) is 5. The predicted molar refractivity (Wildman–Crippen MR) is 88.9 cm³/mol. The molecule has 0 aliphatic rings. The van der Waals surface area contributed by atoms with Crippen molar-refractivity contribution >= 4 is 11.9 Å². The lowest BCUT2D eigenvalue weighted by Gasteiger charge is -2.23. The Bertz CT molecular complexity index is 732. The SMILES string of the molecule is Cc1nn(-c2ccccc2)nc1C(=O)OC(C)C(=O)NC(C)(C)C. The quantitative estimate of drug-likeness (QED) is 0.867. The average Bonchev–Trinajstić information content (AvgIpc) is 2.88. The van der Waals surface area contributed by atoms with Crippen LogP contribution in [0.5, 0.6) is 0 Å². The first-order valence-electron chi connectivity index (χ1n) is 7.70. The van der Waals surface area contributed by atoms with Crippen molar-refractivity contribution < 1.29 is 14.3 Å². The molecule has 2 rings (SSSR count). The van der Waals surface area contributed by atoms with Crippen LogP contribution in [0.1, 0.15) is 43.9 Å². The third-order valence-electron chi connectivity index (χ3n) is 3.11. The third-order valence-corrected chi connectivity index (χ3v) is 3.11. The molecular formula is C17H22N4O3. The van der Waals surface area contributed by atoms with Crippen LogP contribution in [0.3, 0.4) is 0 Å². The van der Waals surface area contributed by atoms with Gasteiger partial charge in [-0.25, -0.2) is 4.79 Å². The number of carbonyl (C=O) groups is 2. The van der Waals surface area contributed by atoms with Crippen LogP contribution in [-0.4, -0.2) is 38.5 Å². The Balaban J connectivity index is 2.10. The highest BCUT2D eigenvalue weighted by Crippen LogP contribution is 2.10. The van der Waals surface area contributed by atoms with E-state index in [4.69, 9.17) is 4.74 Å². The van der Waals surface area contributed by atoms with Gasteiger partial charge in [-0.1, -0.05) is 18.2 Å². The summed E-state index contributed by atoms with van der Waals surface area (Å²) < 4.78 is 5.21. The van der Waals surface area contributed by atoms with Gasteiger partial charge in [0.1, 0.15) is 0 Å². The standard InChI is InChI=1S/C17H22N4O3/c1-11-14(20-21(19-11)13-9-7-6-8-10-13)16(23)24-12(2)15(22)18-17(3,4)5/h6-10,12H,1-5H3,(H,18,22). The topological polar surface area (TPSA) is 86.1 Å². The number of amides is 1. The number of esters is 1. The van der Waals surface area contributed by atoms with Crippen LogP contribution in [0.15, 0.2) is 30.3 Å². The normalized spacial score (nSPS) is 12.5. The fourth-order valence-corrected chi connectivity index (χ4v) is 1.99. The summed E-state index contributed by atoms with van der Waals surface area (Å²) in [5, 5.41) is 11.1. The highest BCUT2D eigenvalue weighted by molar-refractivity contribution is 5.91. The summed E-state index contributed by atoms with van der Waals surface area (Å²) in [7, 11) is 0. The number of hydrogen-bond donors (Lipinski definition) is 1. The maximum Gasteiger partial charge on any atom is 0.361 e. The van der Waals surface area contributed by atoms with Gasteiger partial charge in [0.25, 0.3) is 5.91 Å². The van der Waals surface area contributed by atoms with Crippen molar-refractivity contribution in [3.05, 3.63) is 41.7 Å². The molecule has 7 heteroatoms. The maximum absolute atomic E-state index is 12.3. The van der Waals surface area contributed by atoms with Gasteiger partial charge in [-0.05, 0) is 46.8 Å². The largest absolute Gasteiger partial charge is 0.448 e. The van der Waals surface area contributed by atoms with E-state index in [1.165, 1.54) is 11.7 Å². The zero-order valence-electron chi connectivity index (χ0n) is 14.5. The predicted octanol–water partition coefficient (Wildman–Crippen LogP) is 2.04. The first kappa shape index (κ1) is 17.7. The highest BCUT2D eigenvalue weighted by Gasteiger charge is 2.25. The number of benzene rings is 1. The summed E-state index contributed by atoms with van der Waals surface area (Å²) in [6, 6.07) is 9.24. The van der Waals surface area contributed by atoms with E-state index in [2.05, 4.69) is 15.5 Å². The van der Waals surface area contributed by atoms with Crippen LogP contribution in [0.2, 0.25) is 0 Å². The Kier molecular flexibility index (Phi) is 5.02. The van der Waals surface area contributed by atoms with Gasteiger partial charge in [0, 0.05) is 5.54 Å². The van der Waals surface area contributed by atoms with Crippen molar-refractivity contribution in [2.75, 3.05) is 0 Å². The Morgan fingerprint density at radius 3 is 2.38 bits per heavy atom. The van der Waals surface area contributed by atoms with E-state index in [1.807, 2.05) is 51.1 Å². The van der Waals surface area contributed by atoms with Crippen LogP contribution >= 0.6 is 0 Å². The first-order chi connectivity index (χ1) is 11.2. The summed E-state index contributed by atoms with van der Waals surface area (Å²) in [5.74, 6) is -1.03. The monoisotopic (exact) mass is 330 g/mol. The molecule has 1 atom stereocenters. The van der Waals surface area contributed by atoms with Gasteiger partial charge < -0.3 is 10.1 Å². The molecule has 7 nitrogen and oxygen atoms in total. The molecule has 0 bridgehead atoms. The molecule has 0 saturated carbocycles. The second-order valence-corrected chi connectivity index (χ2v) is 6.55. The molecule has 0 aliphatic carbocycles. The van der Waals surface area contributed by atoms with Crippen molar-refractivity contribution in [1.29, 1.82) is 0 Å². The van der Waals surface area contributed by atoms with Gasteiger partial charge in [0.2, 0.25) is 0 Å². The summed E-state index contributed by atoms with van der Waals surface area (Å²) in [6.45, 7) is 8.76. The van der Waals surface area contributed by atoms with E-state index < -0.39 is 17.6 Å². The van der Waals surface area contributed by atoms with Gasteiger partial charge in [-0.2, -0.15) is 9.90 Å². The molecule has 1 unspecified atom stereocenters. The molecule has 1 amide bonds. The molecular weight excluding hydrogens is 308 g/mol. The molecule has 1 N–H and O–H groups in total. The Hall–Kier alpha value is -2.70. The molecule has 128 valence electrons. The number of para-hydroxylation sites is 1. The lowest BCUT2D eigenvalue weighted by molar-refractivity contribution is -0.130. The maximum atomic E-state index is 12.3. The lowest BCUT2D eigenvalue weighted by atomic mass is 10.1. The van der Waals surface area contributed by atoms with Crippen LogP contribution in [0.4, 0.5) is 0 Å². The molecule has 2 aromatic rings. The first-order valence-corrected chi connectivity index (χ1v) is 7.70. The fraction of sp³-hybridized carbons (Fsp3) is 0.412. The van der Waals surface area contributed by atoms with Crippen LogP contribution in [0.25, 0.3) is 5.69 Å². The Morgan fingerprint density at radius 2 is 1.79 bits per heavy atom. The molecule has 0 fully saturated rings. The minimum Gasteiger partial charge on any atom is -0.448 e. The van der Waals surface area contributed by atoms with Crippen molar-refractivity contribution in [3.63, 3.8) is 0 Å². The van der Waals surface area contributed by atoms with E-state index in [0.717, 1.165) is 5.69 Å². The fourth-order valence-electron chi connectivity index (χ4n) is 1.99. The summed E-state index contributed by atoms with van der Waals surface area (Å²) >= 11 is 0. The second kappa shape index (κ2) is 6.82. The number of nitrogens with zero attached hydrogens (tertiary/aromatic N) is 3. The van der Waals surface area contributed by atoms with Gasteiger partial charge in [-0.3, -0.25) is 4.79 Å². The number of nitrogens with one attached hydrogen (secondary N) is 1. The molecule has 1 aromatic carbocycles. The summed E-state index contributed by atoms with van der Waals surface area (Å²) in [6.07, 6.45) is -0.919. The summed E-state index contributed by atoms with van der Waals surface area (Å²) in [5.41, 5.74) is 0.865. The van der Waals surface area contributed by atoms with Crippen molar-refractivity contribution in [2.45, 2.75) is 46.3 Å². The zero-order chi connectivity index (χ0) is 17.9. The number of ether oxygens (including phenoxy) is 1. The molecule has 24 heavy (non-hydrogen) atoms. The second-order valence-electron chi connectivity index (χ2n) is 6.55. The van der Waals surface area contributed by atoms with Crippen molar-refractivity contribution in [3.8, 4) is 5.69 Å². The minimum absolute atomic E-state index is 0.0919. The number of aromatic nitrogens is 3. The van der Waals surface area contributed by atoms with E-state index in [0.29, 0.717) is 5.69 Å². The smallest absolute Gasteiger partial charge is 0.361 e. The number of aryl methyl sites for hydroxylation is 1. The third kappa shape index (κ3) is 4.41. The van der Waals surface area contributed by atoms with Crippen LogP contribution in [-0.2, 0) is 9.53 Å².